The van der Waals surface area contributed by atoms with Gasteiger partial charge in [-0.3, -0.25) is 4.79 Å². The normalized spacial score (nSPS) is 16.5. The summed E-state index contributed by atoms with van der Waals surface area (Å²) in [6.45, 7) is 2.81. The molecule has 2 heterocycles. The van der Waals surface area contributed by atoms with Gasteiger partial charge in [0.05, 0.1) is 12.5 Å². The van der Waals surface area contributed by atoms with Gasteiger partial charge in [0.25, 0.3) is 5.89 Å². The number of hydrogen-bond acceptors (Lipinski definition) is 5. The Bertz CT molecular complexity index is 1000. The maximum atomic E-state index is 13.4. The van der Waals surface area contributed by atoms with Crippen molar-refractivity contribution in [1.29, 1.82) is 0 Å². The first-order valence-electron chi connectivity index (χ1n) is 10.1. The van der Waals surface area contributed by atoms with Gasteiger partial charge in [-0.25, -0.2) is 4.39 Å². The Labute approximate surface area is 174 Å². The quantitative estimate of drug-likeness (QED) is 0.604. The summed E-state index contributed by atoms with van der Waals surface area (Å²) < 4.78 is 24.5. The van der Waals surface area contributed by atoms with Crippen LogP contribution >= 0.6 is 0 Å². The Balaban J connectivity index is 1.42. The fourth-order valence-electron chi connectivity index (χ4n) is 3.66. The Morgan fingerprint density at radius 2 is 2.07 bits per heavy atom. The molecule has 4 rings (SSSR count). The second-order valence-electron chi connectivity index (χ2n) is 7.55. The zero-order valence-corrected chi connectivity index (χ0v) is 16.9. The van der Waals surface area contributed by atoms with Crippen LogP contribution in [-0.4, -0.2) is 27.5 Å². The van der Waals surface area contributed by atoms with Gasteiger partial charge >= 0.3 is 0 Å². The minimum atomic E-state index is -0.341. The zero-order valence-electron chi connectivity index (χ0n) is 16.9. The molecule has 1 atom stereocenters. The average molecular weight is 409 g/mol. The van der Waals surface area contributed by atoms with Gasteiger partial charge in [0.1, 0.15) is 11.6 Å². The van der Waals surface area contributed by atoms with Crippen LogP contribution in [0.25, 0.3) is 0 Å². The lowest BCUT2D eigenvalue weighted by molar-refractivity contribution is -0.134. The fraction of sp³-hybridized carbons (Fsp3) is 0.348. The summed E-state index contributed by atoms with van der Waals surface area (Å²) in [5.41, 5.74) is 1.81. The summed E-state index contributed by atoms with van der Waals surface area (Å²) in [5.74, 6) is 1.18. The molecule has 0 spiro atoms. The van der Waals surface area contributed by atoms with Crippen molar-refractivity contribution in [3.8, 4) is 5.75 Å². The summed E-state index contributed by atoms with van der Waals surface area (Å²) in [6, 6.07) is 13.6. The average Bonchev–Trinajstić information content (AvgIpc) is 3.22. The van der Waals surface area contributed by atoms with Gasteiger partial charge in [-0.15, -0.1) is 0 Å². The van der Waals surface area contributed by atoms with Crippen LogP contribution in [0.2, 0.25) is 0 Å². The third kappa shape index (κ3) is 4.84. The molecule has 1 amide bonds. The van der Waals surface area contributed by atoms with Crippen molar-refractivity contribution in [2.45, 2.75) is 45.3 Å². The van der Waals surface area contributed by atoms with Crippen LogP contribution in [0.3, 0.4) is 0 Å². The van der Waals surface area contributed by atoms with Gasteiger partial charge in [-0.1, -0.05) is 35.0 Å². The molecular weight excluding hydrogens is 385 g/mol. The summed E-state index contributed by atoms with van der Waals surface area (Å²) in [7, 11) is 0. The van der Waals surface area contributed by atoms with E-state index in [1.54, 1.807) is 17.0 Å². The molecule has 0 aliphatic carbocycles. The number of carbonyl (C=O) groups excluding carboxylic acids is 1. The molecule has 1 aliphatic rings. The van der Waals surface area contributed by atoms with E-state index in [0.29, 0.717) is 23.8 Å². The van der Waals surface area contributed by atoms with E-state index in [1.807, 2.05) is 31.2 Å². The Kier molecular flexibility index (Phi) is 6.07. The van der Waals surface area contributed by atoms with Crippen molar-refractivity contribution < 1.29 is 18.4 Å². The number of hydrogen-bond donors (Lipinski definition) is 0. The maximum Gasteiger partial charge on any atom is 0.264 e. The Hall–Kier alpha value is -3.22. The largest absolute Gasteiger partial charge is 0.484 e. The number of carbonyl (C=O) groups is 1. The van der Waals surface area contributed by atoms with Crippen molar-refractivity contribution in [2.24, 2.45) is 0 Å². The molecule has 6 nitrogen and oxygen atoms in total. The second-order valence-corrected chi connectivity index (χ2v) is 7.55. The number of piperidine rings is 1. The molecule has 0 bridgehead atoms. The predicted octanol–water partition coefficient (Wildman–Crippen LogP) is 4.39. The van der Waals surface area contributed by atoms with E-state index >= 15 is 0 Å². The minimum Gasteiger partial charge on any atom is -0.484 e. The smallest absolute Gasteiger partial charge is 0.264 e. The molecule has 156 valence electrons. The molecule has 2 aromatic carbocycles. The van der Waals surface area contributed by atoms with Crippen LogP contribution in [0.4, 0.5) is 4.39 Å². The highest BCUT2D eigenvalue weighted by Crippen LogP contribution is 2.30. The van der Waals surface area contributed by atoms with Crippen molar-refractivity contribution in [3.63, 3.8) is 0 Å². The van der Waals surface area contributed by atoms with Crippen molar-refractivity contribution in [2.75, 3.05) is 6.54 Å². The van der Waals surface area contributed by atoms with E-state index in [2.05, 4.69) is 10.1 Å². The van der Waals surface area contributed by atoms with Crippen molar-refractivity contribution in [1.82, 2.24) is 15.0 Å². The molecule has 1 aliphatic heterocycles. The van der Waals surface area contributed by atoms with Crippen LogP contribution in [-0.2, 0) is 17.8 Å². The minimum absolute atomic E-state index is 0.0624. The summed E-state index contributed by atoms with van der Waals surface area (Å²) in [6.07, 6.45) is 2.83. The highest BCUT2D eigenvalue weighted by Gasteiger charge is 2.31. The van der Waals surface area contributed by atoms with Gasteiger partial charge in [0.2, 0.25) is 5.91 Å². The van der Waals surface area contributed by atoms with Crippen molar-refractivity contribution in [3.05, 3.63) is 77.2 Å². The van der Waals surface area contributed by atoms with E-state index in [1.165, 1.54) is 12.1 Å². The standard InChI is InChI=1S/C23H24FN3O3/c1-16-8-10-19(11-9-16)29-15-21-25-23(26-30-21)20-7-2-3-12-27(20)22(28)14-17-5-4-6-18(24)13-17/h4-6,8-11,13,20H,2-3,7,12,14-15H2,1H3. The molecule has 0 saturated carbocycles. The van der Waals surface area contributed by atoms with Crippen molar-refractivity contribution >= 4 is 5.91 Å². The zero-order chi connectivity index (χ0) is 20.9. The molecule has 30 heavy (non-hydrogen) atoms. The summed E-state index contributed by atoms with van der Waals surface area (Å²) in [5, 5.41) is 4.10. The lowest BCUT2D eigenvalue weighted by Gasteiger charge is -2.34. The number of rotatable bonds is 6. The number of likely N-dealkylation sites (tertiary alicyclic amines) is 1. The number of amides is 1. The van der Waals surface area contributed by atoms with E-state index < -0.39 is 0 Å². The Morgan fingerprint density at radius 1 is 1.23 bits per heavy atom. The highest BCUT2D eigenvalue weighted by atomic mass is 19.1. The first-order chi connectivity index (χ1) is 14.6. The SMILES string of the molecule is Cc1ccc(OCc2nc(C3CCCCN3C(=O)Cc3cccc(F)c3)no2)cc1. The highest BCUT2D eigenvalue weighted by molar-refractivity contribution is 5.79. The second kappa shape index (κ2) is 9.07. The molecule has 1 unspecified atom stereocenters. The van der Waals surface area contributed by atoms with Crippen LogP contribution < -0.4 is 4.74 Å². The van der Waals surface area contributed by atoms with E-state index in [9.17, 15) is 9.18 Å². The fourth-order valence-corrected chi connectivity index (χ4v) is 3.66. The monoisotopic (exact) mass is 409 g/mol. The molecular formula is C23H24FN3O3. The van der Waals surface area contributed by atoms with Crippen LogP contribution in [0.5, 0.6) is 5.75 Å². The molecule has 0 radical (unpaired) electrons. The third-order valence-electron chi connectivity index (χ3n) is 5.23. The van der Waals surface area contributed by atoms with Gasteiger partial charge in [-0.05, 0) is 56.0 Å². The van der Waals surface area contributed by atoms with Gasteiger partial charge in [0, 0.05) is 6.54 Å². The first kappa shape index (κ1) is 20.1. The lowest BCUT2D eigenvalue weighted by Crippen LogP contribution is -2.39. The summed E-state index contributed by atoms with van der Waals surface area (Å²) in [4.78, 5) is 19.1. The number of aromatic nitrogens is 2. The molecule has 1 saturated heterocycles. The molecule has 1 fully saturated rings. The maximum absolute atomic E-state index is 13.4. The molecule has 1 aromatic heterocycles. The number of ether oxygens (including phenoxy) is 1. The molecule has 7 heteroatoms. The molecule has 0 N–H and O–H groups in total. The predicted molar refractivity (Wildman–Crippen MR) is 108 cm³/mol. The van der Waals surface area contributed by atoms with Crippen LogP contribution in [0.1, 0.15) is 48.1 Å². The number of nitrogens with zero attached hydrogens (tertiary/aromatic N) is 3. The Morgan fingerprint density at radius 3 is 2.87 bits per heavy atom. The molecule has 3 aromatic rings. The summed E-state index contributed by atoms with van der Waals surface area (Å²) >= 11 is 0. The van der Waals surface area contributed by atoms with Gasteiger partial charge < -0.3 is 14.2 Å². The number of halogens is 1. The third-order valence-corrected chi connectivity index (χ3v) is 5.23. The van der Waals surface area contributed by atoms with E-state index in [0.717, 1.165) is 30.6 Å². The number of benzene rings is 2. The van der Waals surface area contributed by atoms with Crippen LogP contribution in [0, 0.1) is 12.7 Å². The van der Waals surface area contributed by atoms with E-state index in [4.69, 9.17) is 9.26 Å². The van der Waals surface area contributed by atoms with E-state index in [-0.39, 0.29) is 30.8 Å². The van der Waals surface area contributed by atoms with Crippen LogP contribution in [0.15, 0.2) is 53.1 Å². The van der Waals surface area contributed by atoms with Gasteiger partial charge in [0.15, 0.2) is 12.4 Å². The number of aryl methyl sites for hydroxylation is 1. The van der Waals surface area contributed by atoms with Gasteiger partial charge in [-0.2, -0.15) is 4.98 Å². The first-order valence-corrected chi connectivity index (χ1v) is 10.1. The topological polar surface area (TPSA) is 68.5 Å². The lowest BCUT2D eigenvalue weighted by atomic mass is 10.00.